The van der Waals surface area contributed by atoms with Crippen LogP contribution >= 0.6 is 11.6 Å². The number of nitrogens with zero attached hydrogens (tertiary/aromatic N) is 1. The Hall–Kier alpha value is -2.86. The number of nitrogens with one attached hydrogen (secondary N) is 2. The second-order valence-corrected chi connectivity index (χ2v) is 5.10. The van der Waals surface area contributed by atoms with Crippen LogP contribution in [0.15, 0.2) is 59.7 Å². The summed E-state index contributed by atoms with van der Waals surface area (Å²) in [4.78, 5) is 23.2. The molecule has 2 N–H and O–H groups in total. The molecule has 2 aromatic carbocycles. The molecule has 6 nitrogen and oxygen atoms in total. The molecule has 124 valence electrons. The molecule has 0 bridgehead atoms. The minimum absolute atomic E-state index is 0.166. The van der Waals surface area contributed by atoms with Gasteiger partial charge in [0.15, 0.2) is 6.61 Å². The fourth-order valence-electron chi connectivity index (χ4n) is 1.69. The minimum atomic E-state index is -0.452. The molecule has 0 atom stereocenters. The van der Waals surface area contributed by atoms with Crippen LogP contribution in [0.3, 0.4) is 0 Å². The van der Waals surface area contributed by atoms with Crippen molar-refractivity contribution in [3.05, 3.63) is 65.2 Å². The van der Waals surface area contributed by atoms with Crippen molar-refractivity contribution in [3.63, 3.8) is 0 Å². The smallest absolute Gasteiger partial charge is 0.259 e. The second-order valence-electron chi connectivity index (χ2n) is 4.69. The van der Waals surface area contributed by atoms with Gasteiger partial charge in [0.1, 0.15) is 5.75 Å². The zero-order chi connectivity index (χ0) is 17.2. The maximum Gasteiger partial charge on any atom is 0.259 e. The largest absolute Gasteiger partial charge is 0.484 e. The molecule has 0 saturated heterocycles. The number of hydrogen-bond donors (Lipinski definition) is 2. The van der Waals surface area contributed by atoms with Gasteiger partial charge >= 0.3 is 0 Å². The molecular weight excluding hydrogens is 330 g/mol. The van der Waals surface area contributed by atoms with Crippen LogP contribution in [-0.2, 0) is 9.59 Å². The predicted octanol–water partition coefficient (Wildman–Crippen LogP) is 1.99. The number of hydrogen-bond acceptors (Lipinski definition) is 4. The van der Waals surface area contributed by atoms with Gasteiger partial charge in [0.2, 0.25) is 0 Å². The lowest BCUT2D eigenvalue weighted by Crippen LogP contribution is -2.37. The van der Waals surface area contributed by atoms with E-state index in [9.17, 15) is 9.59 Å². The van der Waals surface area contributed by atoms with Gasteiger partial charge in [0.25, 0.3) is 11.8 Å². The Bertz CT molecular complexity index is 720. The molecular formula is C17H16ClN3O3. The van der Waals surface area contributed by atoms with Gasteiger partial charge in [-0.15, -0.1) is 0 Å². The van der Waals surface area contributed by atoms with E-state index >= 15 is 0 Å². The SMILES string of the molecule is O=C(COc1ccccc1)NCC(=O)N/N=C/c1ccccc1Cl. The van der Waals surface area contributed by atoms with Crippen molar-refractivity contribution in [1.29, 1.82) is 0 Å². The first kappa shape index (κ1) is 17.5. The molecule has 24 heavy (non-hydrogen) atoms. The Morgan fingerprint density at radius 1 is 1.04 bits per heavy atom. The highest BCUT2D eigenvalue weighted by Crippen LogP contribution is 2.12. The lowest BCUT2D eigenvalue weighted by molar-refractivity contribution is -0.127. The summed E-state index contributed by atoms with van der Waals surface area (Å²) < 4.78 is 5.26. The maximum atomic E-state index is 11.6. The zero-order valence-electron chi connectivity index (χ0n) is 12.7. The molecule has 0 saturated carbocycles. The molecule has 0 aliphatic heterocycles. The van der Waals surface area contributed by atoms with Gasteiger partial charge in [-0.2, -0.15) is 5.10 Å². The van der Waals surface area contributed by atoms with Gasteiger partial charge in [-0.3, -0.25) is 9.59 Å². The number of ether oxygens (including phenoxy) is 1. The van der Waals surface area contributed by atoms with Crippen LogP contribution in [0.4, 0.5) is 0 Å². The third-order valence-electron chi connectivity index (χ3n) is 2.86. The van der Waals surface area contributed by atoms with E-state index in [1.807, 2.05) is 12.1 Å². The fraction of sp³-hybridized carbons (Fsp3) is 0.118. The van der Waals surface area contributed by atoms with Crippen LogP contribution in [0, 0.1) is 0 Å². The van der Waals surface area contributed by atoms with Crippen LogP contribution in [0.25, 0.3) is 0 Å². The highest BCUT2D eigenvalue weighted by atomic mass is 35.5. The Labute approximate surface area is 144 Å². The van der Waals surface area contributed by atoms with E-state index in [4.69, 9.17) is 16.3 Å². The van der Waals surface area contributed by atoms with Gasteiger partial charge in [-0.05, 0) is 18.2 Å². The normalized spacial score (nSPS) is 10.4. The number of para-hydroxylation sites is 1. The number of amides is 2. The highest BCUT2D eigenvalue weighted by molar-refractivity contribution is 6.33. The van der Waals surface area contributed by atoms with Crippen LogP contribution in [0.5, 0.6) is 5.75 Å². The summed E-state index contributed by atoms with van der Waals surface area (Å²) in [5.41, 5.74) is 2.98. The molecule has 0 spiro atoms. The van der Waals surface area contributed by atoms with E-state index in [0.29, 0.717) is 16.3 Å². The van der Waals surface area contributed by atoms with Crippen molar-refractivity contribution in [2.24, 2.45) is 5.10 Å². The van der Waals surface area contributed by atoms with Gasteiger partial charge in [0.05, 0.1) is 12.8 Å². The summed E-state index contributed by atoms with van der Waals surface area (Å²) in [6.07, 6.45) is 1.43. The number of halogens is 1. The Morgan fingerprint density at radius 2 is 1.75 bits per heavy atom. The van der Waals surface area contributed by atoms with Crippen molar-refractivity contribution < 1.29 is 14.3 Å². The highest BCUT2D eigenvalue weighted by Gasteiger charge is 2.05. The molecule has 0 fully saturated rings. The second kappa shape index (κ2) is 9.32. The first-order chi connectivity index (χ1) is 11.6. The molecule has 7 heteroatoms. The summed E-state index contributed by atoms with van der Waals surface area (Å²) in [5.74, 6) is -0.267. The van der Waals surface area contributed by atoms with E-state index in [1.165, 1.54) is 6.21 Å². The van der Waals surface area contributed by atoms with Gasteiger partial charge in [-0.1, -0.05) is 48.0 Å². The molecule has 0 aliphatic carbocycles. The van der Waals surface area contributed by atoms with Crippen LogP contribution in [0.1, 0.15) is 5.56 Å². The number of hydrazone groups is 1. The van der Waals surface area contributed by atoms with Crippen LogP contribution < -0.4 is 15.5 Å². The van der Waals surface area contributed by atoms with Crippen molar-refractivity contribution >= 4 is 29.6 Å². The quantitative estimate of drug-likeness (QED) is 0.595. The topological polar surface area (TPSA) is 79.8 Å². The minimum Gasteiger partial charge on any atom is -0.484 e. The average molecular weight is 346 g/mol. The monoisotopic (exact) mass is 345 g/mol. The summed E-state index contributed by atoms with van der Waals surface area (Å²) in [5, 5.41) is 6.75. The zero-order valence-corrected chi connectivity index (χ0v) is 13.5. The number of carbonyl (C=O) groups is 2. The summed E-state index contributed by atoms with van der Waals surface area (Å²) >= 11 is 5.95. The van der Waals surface area contributed by atoms with E-state index < -0.39 is 11.8 Å². The molecule has 0 aliphatic rings. The van der Waals surface area contributed by atoms with E-state index in [1.54, 1.807) is 42.5 Å². The van der Waals surface area contributed by atoms with Crippen LogP contribution in [0.2, 0.25) is 5.02 Å². The van der Waals surface area contributed by atoms with Crippen molar-refractivity contribution in [2.45, 2.75) is 0 Å². The third-order valence-corrected chi connectivity index (χ3v) is 3.20. The predicted molar refractivity (Wildman–Crippen MR) is 92.1 cm³/mol. The van der Waals surface area contributed by atoms with Crippen molar-refractivity contribution in [2.75, 3.05) is 13.2 Å². The molecule has 0 unspecified atom stereocenters. The Morgan fingerprint density at radius 3 is 2.50 bits per heavy atom. The third kappa shape index (κ3) is 6.10. The summed E-state index contributed by atoms with van der Waals surface area (Å²) in [6.45, 7) is -0.364. The first-order valence-electron chi connectivity index (χ1n) is 7.16. The molecule has 2 aromatic rings. The molecule has 0 heterocycles. The molecule has 0 aromatic heterocycles. The molecule has 0 radical (unpaired) electrons. The summed E-state index contributed by atoms with van der Waals surface area (Å²) in [7, 11) is 0. The average Bonchev–Trinajstić information content (AvgIpc) is 2.61. The number of rotatable bonds is 7. The van der Waals surface area contributed by atoms with E-state index in [-0.39, 0.29) is 13.2 Å². The summed E-state index contributed by atoms with van der Waals surface area (Å²) in [6, 6.07) is 16.0. The van der Waals surface area contributed by atoms with Crippen molar-refractivity contribution in [3.8, 4) is 5.75 Å². The maximum absolute atomic E-state index is 11.6. The van der Waals surface area contributed by atoms with Gasteiger partial charge in [0, 0.05) is 10.6 Å². The number of benzene rings is 2. The first-order valence-corrected chi connectivity index (χ1v) is 7.54. The van der Waals surface area contributed by atoms with Gasteiger partial charge in [-0.25, -0.2) is 5.43 Å². The number of carbonyl (C=O) groups excluding carboxylic acids is 2. The van der Waals surface area contributed by atoms with Crippen molar-refractivity contribution in [1.82, 2.24) is 10.7 Å². The standard InChI is InChI=1S/C17H16ClN3O3/c18-15-9-5-4-6-13(15)10-20-21-16(22)11-19-17(23)12-24-14-7-2-1-3-8-14/h1-10H,11-12H2,(H,19,23)(H,21,22)/b20-10+. The van der Waals surface area contributed by atoms with Crippen LogP contribution in [-0.4, -0.2) is 31.2 Å². The Balaban J connectivity index is 1.67. The Kier molecular flexibility index (Phi) is 6.79. The lowest BCUT2D eigenvalue weighted by atomic mass is 10.2. The molecule has 2 amide bonds. The van der Waals surface area contributed by atoms with Gasteiger partial charge < -0.3 is 10.1 Å². The van der Waals surface area contributed by atoms with E-state index in [2.05, 4.69) is 15.8 Å². The lowest BCUT2D eigenvalue weighted by Gasteiger charge is -2.06. The fourth-order valence-corrected chi connectivity index (χ4v) is 1.87. The van der Waals surface area contributed by atoms with E-state index in [0.717, 1.165) is 0 Å². The molecule has 2 rings (SSSR count).